The van der Waals surface area contributed by atoms with Crippen molar-refractivity contribution in [3.8, 4) is 16.9 Å². The van der Waals surface area contributed by atoms with Crippen LogP contribution in [0, 0.1) is 11.8 Å². The number of carbonyl (C=O) groups is 3. The maximum Gasteiger partial charge on any atom is 0.411 e. The summed E-state index contributed by atoms with van der Waals surface area (Å²) >= 11 is 0. The molecule has 2 fully saturated rings. The van der Waals surface area contributed by atoms with E-state index in [2.05, 4.69) is 25.8 Å². The van der Waals surface area contributed by atoms with E-state index in [4.69, 9.17) is 4.74 Å². The Bertz CT molecular complexity index is 2290. The number of carbonyl (C=O) groups excluding carboxylic acids is 3. The highest BCUT2D eigenvalue weighted by molar-refractivity contribution is 5.92. The molecule has 308 valence electrons. The van der Waals surface area contributed by atoms with Crippen LogP contribution in [-0.2, 0) is 20.9 Å². The molecular formula is C46H52N6O7. The Kier molecular flexibility index (Phi) is 13.4. The molecule has 2 heterocycles. The lowest BCUT2D eigenvalue weighted by molar-refractivity contribution is -0.130. The number of phenols is 1. The minimum atomic E-state index is -0.865. The highest BCUT2D eigenvalue weighted by Crippen LogP contribution is 2.40. The van der Waals surface area contributed by atoms with Crippen molar-refractivity contribution in [2.75, 3.05) is 50.4 Å². The molecule has 2 aliphatic rings. The third-order valence-electron chi connectivity index (χ3n) is 11.4. The number of hydrogen-bond acceptors (Lipinski definition) is 9. The molecule has 6 N–H and O–H groups in total. The lowest BCUT2D eigenvalue weighted by Gasteiger charge is -2.21. The summed E-state index contributed by atoms with van der Waals surface area (Å²) in [6.07, 6.45) is 1.48. The van der Waals surface area contributed by atoms with Crippen molar-refractivity contribution in [1.82, 2.24) is 20.1 Å². The van der Waals surface area contributed by atoms with Crippen molar-refractivity contribution in [3.05, 3.63) is 125 Å². The molecule has 1 saturated heterocycles. The van der Waals surface area contributed by atoms with Gasteiger partial charge in [-0.15, -0.1) is 0 Å². The first kappa shape index (κ1) is 41.2. The Morgan fingerprint density at radius 2 is 1.61 bits per heavy atom. The van der Waals surface area contributed by atoms with Gasteiger partial charge in [-0.05, 0) is 78.1 Å². The first-order valence-corrected chi connectivity index (χ1v) is 20.3. The normalized spacial score (nSPS) is 18.0. The minimum Gasteiger partial charge on any atom is -0.506 e. The van der Waals surface area contributed by atoms with E-state index < -0.39 is 12.2 Å². The van der Waals surface area contributed by atoms with E-state index >= 15 is 0 Å². The standard InChI is InChI=1S/C46H52N6O7/c1-51(22-7-12-42(55)48-34-15-13-30(14-16-34)26-47-27-41(54)37-17-19-40(53)45-38(37)18-20-43(56)50-45)44(57)21-23-52-28-32-24-35(25-33(32)29-52)59-46(58)49-39-11-6-5-10-36(39)31-8-3-2-4-9-31/h2-6,8-11,13-20,32-33,35,41,47,53-54H,7,12,21-29H2,1H3,(H,48,55)(H,49,58)(H,50,56)/t32?,33?,35?,41-/m0/s1. The molecule has 4 aromatic carbocycles. The number of aromatic amines is 1. The van der Waals surface area contributed by atoms with Gasteiger partial charge in [-0.1, -0.05) is 66.7 Å². The van der Waals surface area contributed by atoms with Crippen molar-refractivity contribution in [2.24, 2.45) is 11.8 Å². The van der Waals surface area contributed by atoms with Gasteiger partial charge in [-0.3, -0.25) is 19.7 Å². The monoisotopic (exact) mass is 800 g/mol. The maximum absolute atomic E-state index is 12.9. The summed E-state index contributed by atoms with van der Waals surface area (Å²) in [4.78, 5) is 56.8. The number of phenolic OH excluding ortho intramolecular Hbond substituents is 1. The van der Waals surface area contributed by atoms with Crippen LogP contribution in [0.2, 0.25) is 0 Å². The Hall–Kier alpha value is -6.02. The Balaban J connectivity index is 0.753. The second-order valence-corrected chi connectivity index (χ2v) is 15.7. The van der Waals surface area contributed by atoms with Gasteiger partial charge in [0.05, 0.1) is 17.3 Å². The number of aromatic nitrogens is 1. The number of aromatic hydroxyl groups is 1. The molecule has 1 saturated carbocycles. The van der Waals surface area contributed by atoms with Crippen molar-refractivity contribution in [3.63, 3.8) is 0 Å². The first-order valence-electron chi connectivity index (χ1n) is 20.3. The molecule has 2 unspecified atom stereocenters. The highest BCUT2D eigenvalue weighted by atomic mass is 16.6. The van der Waals surface area contributed by atoms with Crippen molar-refractivity contribution < 1.29 is 29.3 Å². The summed E-state index contributed by atoms with van der Waals surface area (Å²) in [5.74, 6) is 0.759. The van der Waals surface area contributed by atoms with Crippen LogP contribution in [0.5, 0.6) is 5.75 Å². The van der Waals surface area contributed by atoms with Crippen molar-refractivity contribution >= 4 is 40.2 Å². The molecule has 7 rings (SSSR count). The molecule has 0 spiro atoms. The molecule has 5 aromatic rings. The highest BCUT2D eigenvalue weighted by Gasteiger charge is 2.42. The number of para-hydroxylation sites is 1. The summed E-state index contributed by atoms with van der Waals surface area (Å²) in [5.41, 5.74) is 4.88. The van der Waals surface area contributed by atoms with Crippen LogP contribution in [0.3, 0.4) is 0 Å². The van der Waals surface area contributed by atoms with Gasteiger partial charge in [0.1, 0.15) is 11.9 Å². The summed E-state index contributed by atoms with van der Waals surface area (Å²) in [5, 5.41) is 30.6. The summed E-state index contributed by atoms with van der Waals surface area (Å²) in [6, 6.07) is 31.2. The summed E-state index contributed by atoms with van der Waals surface area (Å²) in [7, 11) is 1.78. The fraction of sp³-hybridized carbons (Fsp3) is 0.348. The Labute approximate surface area is 343 Å². The zero-order valence-electron chi connectivity index (χ0n) is 33.2. The van der Waals surface area contributed by atoms with Crippen molar-refractivity contribution in [1.29, 1.82) is 0 Å². The molecule has 1 aromatic heterocycles. The van der Waals surface area contributed by atoms with E-state index in [-0.39, 0.29) is 47.7 Å². The lowest BCUT2D eigenvalue weighted by atomic mass is 10.0. The predicted molar refractivity (Wildman–Crippen MR) is 228 cm³/mol. The number of amides is 3. The quantitative estimate of drug-likeness (QED) is 0.0674. The number of rotatable bonds is 16. The number of H-pyrrole nitrogens is 1. The van der Waals surface area contributed by atoms with Crippen LogP contribution in [-0.4, -0.2) is 88.8 Å². The summed E-state index contributed by atoms with van der Waals surface area (Å²) in [6.45, 7) is 3.69. The first-order chi connectivity index (χ1) is 28.6. The van der Waals surface area contributed by atoms with Gasteiger partial charge >= 0.3 is 6.09 Å². The van der Waals surface area contributed by atoms with Crippen LogP contribution in [0.4, 0.5) is 16.2 Å². The maximum atomic E-state index is 12.9. The van der Waals surface area contributed by atoms with Crippen LogP contribution in [0.25, 0.3) is 22.0 Å². The fourth-order valence-electron chi connectivity index (χ4n) is 8.36. The molecule has 3 atom stereocenters. The van der Waals surface area contributed by atoms with E-state index in [9.17, 15) is 29.4 Å². The lowest BCUT2D eigenvalue weighted by Crippen LogP contribution is -2.33. The SMILES string of the molecule is CN(CCCC(=O)Nc1ccc(CNC[C@H](O)c2ccc(O)c3[nH]c(=O)ccc23)cc1)C(=O)CCN1CC2CC(OC(=O)Nc3ccccc3-c3ccccc3)CC2C1. The number of nitrogens with zero attached hydrogens (tertiary/aromatic N) is 2. The van der Waals surface area contributed by atoms with Crippen LogP contribution in [0.15, 0.2) is 108 Å². The average molecular weight is 801 g/mol. The number of aliphatic hydroxyl groups is 1. The van der Waals surface area contributed by atoms with Gasteiger partial charge in [-0.2, -0.15) is 0 Å². The average Bonchev–Trinajstić information content (AvgIpc) is 3.79. The van der Waals surface area contributed by atoms with Gasteiger partial charge in [0.15, 0.2) is 0 Å². The number of likely N-dealkylation sites (tertiary alicyclic amines) is 1. The number of aliphatic hydroxyl groups excluding tert-OH is 1. The second-order valence-electron chi connectivity index (χ2n) is 15.7. The molecule has 3 amide bonds. The van der Waals surface area contributed by atoms with E-state index in [1.807, 2.05) is 78.9 Å². The van der Waals surface area contributed by atoms with Crippen LogP contribution in [0.1, 0.15) is 49.3 Å². The number of fused-ring (bicyclic) bond motifs is 2. The molecule has 59 heavy (non-hydrogen) atoms. The number of ether oxygens (including phenoxy) is 1. The smallest absolute Gasteiger partial charge is 0.411 e. The Morgan fingerprint density at radius 1 is 0.881 bits per heavy atom. The molecule has 0 radical (unpaired) electrons. The largest absolute Gasteiger partial charge is 0.506 e. The molecule has 13 heteroatoms. The minimum absolute atomic E-state index is 0.0561. The number of hydrogen-bond donors (Lipinski definition) is 6. The van der Waals surface area contributed by atoms with Gasteiger partial charge in [-0.25, -0.2) is 4.79 Å². The third kappa shape index (κ3) is 10.7. The number of anilines is 2. The number of benzene rings is 4. The molecule has 13 nitrogen and oxygen atoms in total. The second kappa shape index (κ2) is 19.2. The van der Waals surface area contributed by atoms with Crippen molar-refractivity contribution in [2.45, 2.75) is 50.9 Å². The molecular weight excluding hydrogens is 749 g/mol. The van der Waals surface area contributed by atoms with E-state index in [0.717, 1.165) is 48.3 Å². The van der Waals surface area contributed by atoms with Gasteiger partial charge in [0.25, 0.3) is 0 Å². The summed E-state index contributed by atoms with van der Waals surface area (Å²) < 4.78 is 5.87. The zero-order chi connectivity index (χ0) is 41.3. The zero-order valence-corrected chi connectivity index (χ0v) is 33.2. The molecule has 1 aliphatic heterocycles. The van der Waals surface area contributed by atoms with Gasteiger partial charge < -0.3 is 40.4 Å². The van der Waals surface area contributed by atoms with Gasteiger partial charge in [0, 0.05) is 81.9 Å². The molecule has 1 aliphatic carbocycles. The Morgan fingerprint density at radius 3 is 2.37 bits per heavy atom. The van der Waals surface area contributed by atoms with E-state index in [1.54, 1.807) is 24.1 Å². The third-order valence-corrected chi connectivity index (χ3v) is 11.4. The molecule has 0 bridgehead atoms. The van der Waals surface area contributed by atoms with Crippen LogP contribution >= 0.6 is 0 Å². The number of nitrogens with one attached hydrogen (secondary N) is 4. The van der Waals surface area contributed by atoms with E-state index in [1.165, 1.54) is 12.1 Å². The van der Waals surface area contributed by atoms with Gasteiger partial charge in [0.2, 0.25) is 17.4 Å². The van der Waals surface area contributed by atoms with E-state index in [0.29, 0.717) is 60.9 Å². The fourth-order valence-corrected chi connectivity index (χ4v) is 8.36. The van der Waals surface area contributed by atoms with Crippen LogP contribution < -0.4 is 21.5 Å². The number of pyridine rings is 1. The predicted octanol–water partition coefficient (Wildman–Crippen LogP) is 6.25. The topological polar surface area (TPSA) is 176 Å².